The van der Waals surface area contributed by atoms with Gasteiger partial charge in [-0.25, -0.2) is 0 Å². The van der Waals surface area contributed by atoms with Crippen molar-refractivity contribution in [3.8, 4) is 0 Å². The first-order chi connectivity index (χ1) is 8.95. The molecule has 4 atom stereocenters. The zero-order valence-corrected chi connectivity index (χ0v) is 12.5. The van der Waals surface area contributed by atoms with Crippen molar-refractivity contribution in [3.05, 3.63) is 0 Å². The third-order valence-corrected chi connectivity index (χ3v) is 6.60. The van der Waals surface area contributed by atoms with Gasteiger partial charge in [-0.2, -0.15) is 0 Å². The van der Waals surface area contributed by atoms with E-state index in [1.54, 1.807) is 0 Å². The molecule has 0 radical (unpaired) electrons. The predicted octanol–water partition coefficient (Wildman–Crippen LogP) is 2.74. The second-order valence-corrected chi connectivity index (χ2v) is 7.58. The molecule has 3 nitrogen and oxygen atoms in total. The predicted molar refractivity (Wildman–Crippen MR) is 74.7 cm³/mol. The van der Waals surface area contributed by atoms with Crippen molar-refractivity contribution in [1.82, 2.24) is 5.32 Å². The minimum atomic E-state index is 0.0433. The van der Waals surface area contributed by atoms with Crippen LogP contribution in [0.2, 0.25) is 0 Å². The number of fused-ring (bicyclic) bond motifs is 2. The van der Waals surface area contributed by atoms with Gasteiger partial charge in [-0.3, -0.25) is 4.79 Å². The molecule has 2 saturated carbocycles. The van der Waals surface area contributed by atoms with Crippen molar-refractivity contribution in [2.24, 2.45) is 22.7 Å². The van der Waals surface area contributed by atoms with Crippen LogP contribution < -0.4 is 5.32 Å². The van der Waals surface area contributed by atoms with Crippen molar-refractivity contribution < 1.29 is 9.53 Å². The number of esters is 1. The molecular formula is C16H27NO2. The summed E-state index contributed by atoms with van der Waals surface area (Å²) in [6.45, 7) is 8.90. The van der Waals surface area contributed by atoms with Crippen LogP contribution in [-0.2, 0) is 9.53 Å². The van der Waals surface area contributed by atoms with Crippen LogP contribution in [-0.4, -0.2) is 25.2 Å². The van der Waals surface area contributed by atoms with Gasteiger partial charge in [0.25, 0.3) is 0 Å². The molecule has 108 valence electrons. The van der Waals surface area contributed by atoms with Crippen LogP contribution in [0, 0.1) is 22.7 Å². The van der Waals surface area contributed by atoms with Gasteiger partial charge in [-0.15, -0.1) is 0 Å². The standard InChI is InChI=1S/C16H27NO2/c1-15(2)12-6-7-16(15,3)13(9-12)19-14(18)11-5-4-8-17-10-11/h11-13,17H,4-10H2,1-3H3. The Hall–Kier alpha value is -0.570. The van der Waals surface area contributed by atoms with E-state index in [0.717, 1.165) is 38.3 Å². The molecule has 0 spiro atoms. The van der Waals surface area contributed by atoms with E-state index in [-0.39, 0.29) is 23.4 Å². The van der Waals surface area contributed by atoms with Crippen LogP contribution >= 0.6 is 0 Å². The van der Waals surface area contributed by atoms with E-state index in [1.165, 1.54) is 12.8 Å². The maximum Gasteiger partial charge on any atom is 0.310 e. The van der Waals surface area contributed by atoms with Gasteiger partial charge in [-0.1, -0.05) is 20.8 Å². The summed E-state index contributed by atoms with van der Waals surface area (Å²) in [5.74, 6) is 0.862. The lowest BCUT2D eigenvalue weighted by atomic mass is 9.70. The molecule has 1 saturated heterocycles. The summed E-state index contributed by atoms with van der Waals surface area (Å²) in [6, 6.07) is 0. The number of rotatable bonds is 2. The molecule has 0 aromatic rings. The minimum absolute atomic E-state index is 0.0433. The van der Waals surface area contributed by atoms with E-state index in [1.807, 2.05) is 0 Å². The van der Waals surface area contributed by atoms with Crippen LogP contribution in [0.4, 0.5) is 0 Å². The molecule has 1 N–H and O–H groups in total. The molecule has 19 heavy (non-hydrogen) atoms. The number of piperidine rings is 1. The summed E-state index contributed by atoms with van der Waals surface area (Å²) < 4.78 is 5.94. The number of carbonyl (C=O) groups is 1. The minimum Gasteiger partial charge on any atom is -0.462 e. The van der Waals surface area contributed by atoms with E-state index in [9.17, 15) is 4.79 Å². The molecule has 3 aliphatic rings. The fourth-order valence-corrected chi connectivity index (χ4v) is 4.60. The molecule has 3 heteroatoms. The highest BCUT2D eigenvalue weighted by molar-refractivity contribution is 5.73. The molecule has 2 aliphatic carbocycles. The Morgan fingerprint density at radius 2 is 2.05 bits per heavy atom. The van der Waals surface area contributed by atoms with Gasteiger partial charge in [0, 0.05) is 12.0 Å². The summed E-state index contributed by atoms with van der Waals surface area (Å²) >= 11 is 0. The van der Waals surface area contributed by atoms with Crippen LogP contribution in [0.5, 0.6) is 0 Å². The van der Waals surface area contributed by atoms with Gasteiger partial charge in [0.05, 0.1) is 5.92 Å². The molecule has 2 bridgehead atoms. The highest BCUT2D eigenvalue weighted by atomic mass is 16.5. The van der Waals surface area contributed by atoms with Crippen molar-refractivity contribution in [1.29, 1.82) is 0 Å². The third-order valence-electron chi connectivity index (χ3n) is 6.60. The Labute approximate surface area is 116 Å². The maximum atomic E-state index is 12.3. The fraction of sp³-hybridized carbons (Fsp3) is 0.938. The van der Waals surface area contributed by atoms with Crippen LogP contribution in [0.3, 0.4) is 0 Å². The van der Waals surface area contributed by atoms with Gasteiger partial charge in [0.2, 0.25) is 0 Å². The highest BCUT2D eigenvalue weighted by Gasteiger charge is 2.62. The van der Waals surface area contributed by atoms with Crippen LogP contribution in [0.25, 0.3) is 0 Å². The Balaban J connectivity index is 1.66. The molecule has 3 rings (SSSR count). The second-order valence-electron chi connectivity index (χ2n) is 7.58. The zero-order chi connectivity index (χ0) is 13.7. The molecule has 3 fully saturated rings. The van der Waals surface area contributed by atoms with Gasteiger partial charge >= 0.3 is 5.97 Å². The van der Waals surface area contributed by atoms with Crippen molar-refractivity contribution in [2.45, 2.75) is 59.0 Å². The Bertz CT molecular complexity index is 373. The van der Waals surface area contributed by atoms with Gasteiger partial charge in [0.15, 0.2) is 0 Å². The summed E-state index contributed by atoms with van der Waals surface area (Å²) in [7, 11) is 0. The number of nitrogens with one attached hydrogen (secondary N) is 1. The summed E-state index contributed by atoms with van der Waals surface area (Å²) in [5, 5.41) is 3.30. The molecule has 0 amide bonds. The number of hydrogen-bond acceptors (Lipinski definition) is 3. The van der Waals surface area contributed by atoms with Crippen molar-refractivity contribution in [2.75, 3.05) is 13.1 Å². The van der Waals surface area contributed by atoms with Crippen molar-refractivity contribution >= 4 is 5.97 Å². The summed E-state index contributed by atoms with van der Waals surface area (Å²) in [6.07, 6.45) is 5.83. The number of hydrogen-bond donors (Lipinski definition) is 1. The second kappa shape index (κ2) is 4.47. The average molecular weight is 265 g/mol. The van der Waals surface area contributed by atoms with E-state index in [2.05, 4.69) is 26.1 Å². The molecule has 1 heterocycles. The van der Waals surface area contributed by atoms with E-state index < -0.39 is 0 Å². The lowest BCUT2D eigenvalue weighted by Crippen LogP contribution is -2.42. The first-order valence-corrected chi connectivity index (χ1v) is 7.86. The van der Waals surface area contributed by atoms with E-state index in [0.29, 0.717) is 5.41 Å². The van der Waals surface area contributed by atoms with Gasteiger partial charge < -0.3 is 10.1 Å². The van der Waals surface area contributed by atoms with Gasteiger partial charge in [-0.05, 0) is 50.0 Å². The number of carbonyl (C=O) groups excluding carboxylic acids is 1. The molecule has 0 aromatic heterocycles. The van der Waals surface area contributed by atoms with E-state index >= 15 is 0 Å². The first-order valence-electron chi connectivity index (χ1n) is 7.86. The average Bonchev–Trinajstić information content (AvgIpc) is 2.73. The lowest BCUT2D eigenvalue weighted by Gasteiger charge is -2.39. The van der Waals surface area contributed by atoms with E-state index in [4.69, 9.17) is 4.74 Å². The summed E-state index contributed by atoms with van der Waals surface area (Å²) in [5.41, 5.74) is 0.512. The smallest absolute Gasteiger partial charge is 0.310 e. The van der Waals surface area contributed by atoms with Gasteiger partial charge in [0.1, 0.15) is 6.10 Å². The Morgan fingerprint density at radius 1 is 1.26 bits per heavy atom. The molecule has 1 aliphatic heterocycles. The monoisotopic (exact) mass is 265 g/mol. The summed E-state index contributed by atoms with van der Waals surface area (Å²) in [4.78, 5) is 12.3. The molecule has 0 aromatic carbocycles. The Morgan fingerprint density at radius 3 is 2.58 bits per heavy atom. The van der Waals surface area contributed by atoms with Crippen LogP contribution in [0.15, 0.2) is 0 Å². The maximum absolute atomic E-state index is 12.3. The lowest BCUT2D eigenvalue weighted by molar-refractivity contribution is -0.162. The zero-order valence-electron chi connectivity index (χ0n) is 12.5. The highest BCUT2D eigenvalue weighted by Crippen LogP contribution is 2.66. The molecular weight excluding hydrogens is 238 g/mol. The van der Waals surface area contributed by atoms with Crippen LogP contribution in [0.1, 0.15) is 52.9 Å². The largest absolute Gasteiger partial charge is 0.462 e. The third kappa shape index (κ3) is 1.93. The van der Waals surface area contributed by atoms with Crippen molar-refractivity contribution in [3.63, 3.8) is 0 Å². The topological polar surface area (TPSA) is 38.3 Å². The molecule has 4 unspecified atom stereocenters. The normalized spacial score (nSPS) is 44.3. The first kappa shape index (κ1) is 13.4. The SMILES string of the molecule is CC1(C)C2CCC1(C)C(OC(=O)C1CCCNC1)C2. The quantitative estimate of drug-likeness (QED) is 0.780. The number of ether oxygens (including phenoxy) is 1. The fourth-order valence-electron chi connectivity index (χ4n) is 4.60. The Kier molecular flexibility index (Phi) is 3.16.